The molecule has 1 heterocycles. The number of carbonyl (C=O) groups excluding carboxylic acids is 2. The maximum Gasteiger partial charge on any atom is 0.254 e. The van der Waals surface area contributed by atoms with Crippen LogP contribution in [0.2, 0.25) is 0 Å². The first kappa shape index (κ1) is 17.4. The van der Waals surface area contributed by atoms with E-state index in [1.54, 1.807) is 4.90 Å². The van der Waals surface area contributed by atoms with Gasteiger partial charge in [-0.15, -0.1) is 0 Å². The van der Waals surface area contributed by atoms with Gasteiger partial charge in [0.15, 0.2) is 0 Å². The molecule has 0 bridgehead atoms. The third-order valence-corrected chi connectivity index (χ3v) is 4.58. The second kappa shape index (κ2) is 6.84. The maximum atomic E-state index is 12.6. The molecule has 5 heteroatoms. The highest BCUT2D eigenvalue weighted by molar-refractivity contribution is 5.98. The number of benzene rings is 2. The average molecular weight is 340 g/mol. The zero-order valence-electron chi connectivity index (χ0n) is 14.7. The van der Waals surface area contributed by atoms with Gasteiger partial charge in [0.05, 0.1) is 0 Å². The highest BCUT2D eigenvalue weighted by Crippen LogP contribution is 2.18. The number of rotatable bonds is 3. The Morgan fingerprint density at radius 3 is 2.60 bits per heavy atom. The van der Waals surface area contributed by atoms with Crippen LogP contribution in [0, 0.1) is 0 Å². The molecular formula is C20H24N2O3. The Labute approximate surface area is 147 Å². The summed E-state index contributed by atoms with van der Waals surface area (Å²) >= 11 is 0. The van der Waals surface area contributed by atoms with Crippen LogP contribution in [0.4, 0.5) is 0 Å². The van der Waals surface area contributed by atoms with E-state index in [1.807, 2.05) is 42.5 Å². The van der Waals surface area contributed by atoms with Crippen molar-refractivity contribution in [2.24, 2.45) is 0 Å². The summed E-state index contributed by atoms with van der Waals surface area (Å²) in [5.41, 5.74) is -0.769. The second-order valence-corrected chi connectivity index (χ2v) is 7.18. The largest absolute Gasteiger partial charge is 0.381 e. The van der Waals surface area contributed by atoms with Crippen LogP contribution in [0.3, 0.4) is 0 Å². The Hall–Kier alpha value is -2.40. The summed E-state index contributed by atoms with van der Waals surface area (Å²) in [5, 5.41) is 15.0. The number of nitrogens with zero attached hydrogens (tertiary/aromatic N) is 1. The Morgan fingerprint density at radius 1 is 1.16 bits per heavy atom. The van der Waals surface area contributed by atoms with E-state index >= 15 is 0 Å². The van der Waals surface area contributed by atoms with Crippen LogP contribution in [0.5, 0.6) is 0 Å². The first-order valence-electron chi connectivity index (χ1n) is 8.66. The summed E-state index contributed by atoms with van der Waals surface area (Å²) in [6.45, 7) is 4.03. The van der Waals surface area contributed by atoms with Crippen LogP contribution in [0.1, 0.15) is 37.0 Å². The van der Waals surface area contributed by atoms with Crippen LogP contribution in [-0.2, 0) is 4.79 Å². The Bertz CT molecular complexity index is 795. The van der Waals surface area contributed by atoms with Crippen LogP contribution >= 0.6 is 0 Å². The molecule has 2 aromatic carbocycles. The van der Waals surface area contributed by atoms with Crippen molar-refractivity contribution < 1.29 is 14.7 Å². The highest BCUT2D eigenvalue weighted by atomic mass is 16.3. The second-order valence-electron chi connectivity index (χ2n) is 7.18. The van der Waals surface area contributed by atoms with Crippen LogP contribution in [0.15, 0.2) is 42.5 Å². The van der Waals surface area contributed by atoms with Gasteiger partial charge in [0.25, 0.3) is 11.8 Å². The third kappa shape index (κ3) is 3.99. The molecule has 0 saturated carbocycles. The van der Waals surface area contributed by atoms with Gasteiger partial charge in [0.1, 0.15) is 5.60 Å². The topological polar surface area (TPSA) is 69.6 Å². The van der Waals surface area contributed by atoms with E-state index in [0.29, 0.717) is 18.7 Å². The first-order chi connectivity index (χ1) is 11.8. The average Bonchev–Trinajstić information content (AvgIpc) is 2.60. The van der Waals surface area contributed by atoms with Crippen molar-refractivity contribution in [3.8, 4) is 0 Å². The van der Waals surface area contributed by atoms with Gasteiger partial charge in [-0.1, -0.05) is 30.3 Å². The number of hydrogen-bond acceptors (Lipinski definition) is 3. The molecule has 2 N–H and O–H groups in total. The minimum atomic E-state index is -1.38. The lowest BCUT2D eigenvalue weighted by molar-refractivity contribution is -0.149. The maximum absolute atomic E-state index is 12.6. The van der Waals surface area contributed by atoms with E-state index in [0.717, 1.165) is 23.6 Å². The smallest absolute Gasteiger partial charge is 0.254 e. The number of piperidine rings is 1. The lowest BCUT2D eigenvalue weighted by Crippen LogP contribution is -2.54. The van der Waals surface area contributed by atoms with Gasteiger partial charge in [-0.2, -0.15) is 0 Å². The molecule has 1 unspecified atom stereocenters. The summed E-state index contributed by atoms with van der Waals surface area (Å²) in [5.74, 6) is -0.425. The van der Waals surface area contributed by atoms with Gasteiger partial charge < -0.3 is 15.3 Å². The van der Waals surface area contributed by atoms with Crippen LogP contribution in [-0.4, -0.2) is 46.6 Å². The van der Waals surface area contributed by atoms with E-state index in [2.05, 4.69) is 5.32 Å². The lowest BCUT2D eigenvalue weighted by Gasteiger charge is -2.36. The first-order valence-corrected chi connectivity index (χ1v) is 8.66. The predicted octanol–water partition coefficient (Wildman–Crippen LogP) is 2.33. The molecule has 1 aliphatic heterocycles. The quantitative estimate of drug-likeness (QED) is 0.901. The number of aliphatic hydroxyl groups is 1. The zero-order chi connectivity index (χ0) is 18.0. The number of nitrogens with one attached hydrogen (secondary N) is 1. The Morgan fingerprint density at radius 2 is 1.88 bits per heavy atom. The van der Waals surface area contributed by atoms with E-state index in [-0.39, 0.29) is 17.9 Å². The fourth-order valence-electron chi connectivity index (χ4n) is 3.27. The molecule has 0 aromatic heterocycles. The number of hydrogen-bond donors (Lipinski definition) is 2. The molecule has 1 aliphatic rings. The minimum Gasteiger partial charge on any atom is -0.381 e. The third-order valence-electron chi connectivity index (χ3n) is 4.58. The molecule has 2 aromatic rings. The zero-order valence-corrected chi connectivity index (χ0v) is 14.7. The summed E-state index contributed by atoms with van der Waals surface area (Å²) in [6.07, 6.45) is 1.64. The van der Waals surface area contributed by atoms with Crippen LogP contribution in [0.25, 0.3) is 10.8 Å². The number of amides is 2. The molecule has 132 valence electrons. The molecule has 0 radical (unpaired) electrons. The molecule has 25 heavy (non-hydrogen) atoms. The van der Waals surface area contributed by atoms with Crippen molar-refractivity contribution in [3.63, 3.8) is 0 Å². The van der Waals surface area contributed by atoms with E-state index in [1.165, 1.54) is 13.8 Å². The molecule has 1 saturated heterocycles. The molecular weight excluding hydrogens is 316 g/mol. The number of fused-ring (bicyclic) bond motifs is 1. The molecule has 1 atom stereocenters. The predicted molar refractivity (Wildman–Crippen MR) is 97.3 cm³/mol. The standard InChI is InChI=1S/C20H24N2O3/c1-20(2,25)19(24)22-11-5-8-17(13-22)21-18(23)16-10-9-14-6-3-4-7-15(14)12-16/h3-4,6-7,9-10,12,17,25H,5,8,11,13H2,1-2H3,(H,21,23). The fourth-order valence-corrected chi connectivity index (χ4v) is 3.27. The molecule has 2 amide bonds. The summed E-state index contributed by atoms with van der Waals surface area (Å²) in [4.78, 5) is 26.4. The lowest BCUT2D eigenvalue weighted by atomic mass is 10.0. The van der Waals surface area contributed by atoms with Gasteiger partial charge in [-0.05, 0) is 49.6 Å². The van der Waals surface area contributed by atoms with Crippen molar-refractivity contribution in [2.45, 2.75) is 38.3 Å². The summed E-state index contributed by atoms with van der Waals surface area (Å²) in [6, 6.07) is 13.5. The Kier molecular flexibility index (Phi) is 4.77. The Balaban J connectivity index is 1.68. The molecule has 3 rings (SSSR count). The highest BCUT2D eigenvalue weighted by Gasteiger charge is 2.33. The van der Waals surface area contributed by atoms with Gasteiger partial charge >= 0.3 is 0 Å². The SMILES string of the molecule is CC(C)(O)C(=O)N1CCCC(NC(=O)c2ccc3ccccc3c2)C1. The molecule has 0 aliphatic carbocycles. The van der Waals surface area contributed by atoms with Crippen molar-refractivity contribution in [2.75, 3.05) is 13.1 Å². The minimum absolute atomic E-state index is 0.0981. The summed E-state index contributed by atoms with van der Waals surface area (Å²) < 4.78 is 0. The van der Waals surface area contributed by atoms with E-state index in [4.69, 9.17) is 0 Å². The van der Waals surface area contributed by atoms with E-state index < -0.39 is 5.60 Å². The molecule has 0 spiro atoms. The normalized spacial score (nSPS) is 18.2. The van der Waals surface area contributed by atoms with Crippen molar-refractivity contribution >= 4 is 22.6 Å². The molecule has 1 fully saturated rings. The van der Waals surface area contributed by atoms with Gasteiger partial charge in [-0.3, -0.25) is 9.59 Å². The van der Waals surface area contributed by atoms with Crippen molar-refractivity contribution in [1.29, 1.82) is 0 Å². The van der Waals surface area contributed by atoms with Crippen molar-refractivity contribution in [3.05, 3.63) is 48.0 Å². The van der Waals surface area contributed by atoms with Gasteiger partial charge in [-0.25, -0.2) is 0 Å². The van der Waals surface area contributed by atoms with Gasteiger partial charge in [0.2, 0.25) is 0 Å². The molecule has 5 nitrogen and oxygen atoms in total. The van der Waals surface area contributed by atoms with Crippen molar-refractivity contribution in [1.82, 2.24) is 10.2 Å². The number of carbonyl (C=O) groups is 2. The number of likely N-dealkylation sites (tertiary alicyclic amines) is 1. The summed E-state index contributed by atoms with van der Waals surface area (Å²) in [7, 11) is 0. The monoisotopic (exact) mass is 340 g/mol. The van der Waals surface area contributed by atoms with Gasteiger partial charge in [0, 0.05) is 24.7 Å². The fraction of sp³-hybridized carbons (Fsp3) is 0.400. The van der Waals surface area contributed by atoms with Crippen LogP contribution < -0.4 is 5.32 Å². The van der Waals surface area contributed by atoms with E-state index in [9.17, 15) is 14.7 Å².